The normalized spacial score (nSPS) is 22.6. The standard InChI is InChI=1S/C61H53N3SSi/c1-33-21-34(2)23-39(22-33)58-62-59(46-17-11-16-45-43-14-8-10-20-55(43)66(5,6)57(45)46)64-60(63-58)48-25-35(3)47(24-36(48)4)44-15-12-18-51-56(44)50-31-49-42-13-7-9-19-53(42)65-54(49)32-52(50)61(51)40-27-37-26-38(29-40)30-41(61)28-37/h7-25,31-32,37-38,40-41H,26-30H2,1-6H3. The first-order valence-electron chi connectivity index (χ1n) is 24.3. The summed E-state index contributed by atoms with van der Waals surface area (Å²) in [6.07, 6.45) is 6.97. The highest BCUT2D eigenvalue weighted by molar-refractivity contribution is 7.25. The van der Waals surface area contributed by atoms with E-state index in [0.717, 1.165) is 46.0 Å². The van der Waals surface area contributed by atoms with E-state index < -0.39 is 8.07 Å². The van der Waals surface area contributed by atoms with Crippen LogP contribution in [0.3, 0.4) is 0 Å². The smallest absolute Gasteiger partial charge is 0.164 e. The molecule has 0 saturated heterocycles. The van der Waals surface area contributed by atoms with Crippen LogP contribution < -0.4 is 10.4 Å². The van der Waals surface area contributed by atoms with Crippen molar-refractivity contribution >= 4 is 50.0 Å². The van der Waals surface area contributed by atoms with Gasteiger partial charge in [-0.3, -0.25) is 0 Å². The molecule has 7 aromatic carbocycles. The fraction of sp³-hybridized carbons (Fsp3) is 0.262. The van der Waals surface area contributed by atoms with Crippen LogP contribution in [0.15, 0.2) is 127 Å². The summed E-state index contributed by atoms with van der Waals surface area (Å²) in [5, 5.41) is 5.69. The van der Waals surface area contributed by atoms with Crippen LogP contribution in [-0.4, -0.2) is 23.0 Å². The molecule has 2 aromatic heterocycles. The van der Waals surface area contributed by atoms with Gasteiger partial charge in [-0.1, -0.05) is 115 Å². The number of aryl methyl sites for hydroxylation is 4. The molecule has 9 aromatic rings. The molecule has 3 nitrogen and oxygen atoms in total. The van der Waals surface area contributed by atoms with Crippen molar-refractivity contribution in [2.45, 2.75) is 78.3 Å². The Bertz CT molecular complexity index is 3550. The molecule has 4 fully saturated rings. The second-order valence-corrected chi connectivity index (χ2v) is 26.8. The number of nitrogens with zero attached hydrogens (tertiary/aromatic N) is 3. The predicted octanol–water partition coefficient (Wildman–Crippen LogP) is 14.7. The predicted molar refractivity (Wildman–Crippen MR) is 279 cm³/mol. The van der Waals surface area contributed by atoms with E-state index in [2.05, 4.69) is 168 Å². The molecule has 0 amide bonds. The van der Waals surface area contributed by atoms with Gasteiger partial charge < -0.3 is 0 Å². The molecule has 4 saturated carbocycles. The van der Waals surface area contributed by atoms with E-state index in [-0.39, 0.29) is 5.41 Å². The highest BCUT2D eigenvalue weighted by Crippen LogP contribution is 2.70. The van der Waals surface area contributed by atoms with Crippen LogP contribution in [0, 0.1) is 51.4 Å². The molecular formula is C61H53N3SSi. The Morgan fingerprint density at radius 2 is 1.11 bits per heavy atom. The highest BCUT2D eigenvalue weighted by Gasteiger charge is 2.62. The monoisotopic (exact) mass is 887 g/mol. The van der Waals surface area contributed by atoms with Crippen LogP contribution in [0.1, 0.15) is 65.5 Å². The molecule has 0 N–H and O–H groups in total. The third-order valence-electron chi connectivity index (χ3n) is 17.2. The van der Waals surface area contributed by atoms with Gasteiger partial charge in [0, 0.05) is 42.3 Å². The lowest BCUT2D eigenvalue weighted by atomic mass is 9.43. The van der Waals surface area contributed by atoms with E-state index in [1.165, 1.54) is 118 Å². The van der Waals surface area contributed by atoms with Gasteiger partial charge in [0.05, 0.1) is 0 Å². The number of hydrogen-bond acceptors (Lipinski definition) is 4. The Kier molecular flexibility index (Phi) is 8.18. The number of benzene rings is 7. The van der Waals surface area contributed by atoms with E-state index in [4.69, 9.17) is 15.0 Å². The third-order valence-corrected chi connectivity index (χ3v) is 21.9. The van der Waals surface area contributed by atoms with Crippen LogP contribution in [-0.2, 0) is 5.41 Å². The maximum Gasteiger partial charge on any atom is 0.164 e. The van der Waals surface area contributed by atoms with Crippen molar-refractivity contribution in [3.05, 3.63) is 161 Å². The SMILES string of the molecule is Cc1cc(C)cc(-c2nc(-c3cc(C)c(-c4cccc5c4-c4cc6c(cc4C54C5CC7CC(C5)CC4C7)sc4ccccc46)cc3C)nc(-c3cccc4c3[Si](C)(C)c3ccccc3-4)n2)c1. The summed E-state index contributed by atoms with van der Waals surface area (Å²) in [6.45, 7) is 13.9. The zero-order valence-corrected chi connectivity index (χ0v) is 40.5. The Balaban J connectivity index is 0.963. The van der Waals surface area contributed by atoms with Gasteiger partial charge in [0.25, 0.3) is 0 Å². The van der Waals surface area contributed by atoms with Crippen molar-refractivity contribution in [3.8, 4) is 67.5 Å². The van der Waals surface area contributed by atoms with Crippen molar-refractivity contribution in [3.63, 3.8) is 0 Å². The molecule has 0 unspecified atom stereocenters. The summed E-state index contributed by atoms with van der Waals surface area (Å²) in [5.74, 6) is 5.43. The van der Waals surface area contributed by atoms with Gasteiger partial charge in [0.2, 0.25) is 0 Å². The first-order chi connectivity index (χ1) is 32.0. The summed E-state index contributed by atoms with van der Waals surface area (Å²) >= 11 is 1.98. The maximum atomic E-state index is 5.49. The van der Waals surface area contributed by atoms with Gasteiger partial charge in [-0.25, -0.2) is 15.0 Å². The first kappa shape index (κ1) is 39.2. The number of fused-ring (bicyclic) bond motifs is 9. The Hall–Kier alpha value is -6.01. The molecule has 3 heterocycles. The second kappa shape index (κ2) is 13.8. The molecule has 66 heavy (non-hydrogen) atoms. The molecule has 0 atom stereocenters. The van der Waals surface area contributed by atoms with E-state index in [1.54, 1.807) is 11.1 Å². The molecule has 15 rings (SSSR count). The summed E-state index contributed by atoms with van der Waals surface area (Å²) in [7, 11) is -2.07. The summed E-state index contributed by atoms with van der Waals surface area (Å²) in [5.41, 5.74) is 19.7. The summed E-state index contributed by atoms with van der Waals surface area (Å²) in [6, 6.07) is 49.0. The quantitative estimate of drug-likeness (QED) is 0.165. The Labute approximate surface area is 393 Å². The lowest BCUT2D eigenvalue weighted by Crippen LogP contribution is -2.55. The van der Waals surface area contributed by atoms with Crippen molar-refractivity contribution in [2.75, 3.05) is 0 Å². The van der Waals surface area contributed by atoms with Crippen LogP contribution in [0.4, 0.5) is 0 Å². The van der Waals surface area contributed by atoms with Crippen molar-refractivity contribution < 1.29 is 0 Å². The van der Waals surface area contributed by atoms with Gasteiger partial charge in [0.1, 0.15) is 8.07 Å². The topological polar surface area (TPSA) is 38.7 Å². The molecule has 5 aliphatic carbocycles. The van der Waals surface area contributed by atoms with E-state index in [0.29, 0.717) is 11.8 Å². The van der Waals surface area contributed by atoms with Gasteiger partial charge >= 0.3 is 0 Å². The maximum absolute atomic E-state index is 5.49. The van der Waals surface area contributed by atoms with E-state index in [1.807, 2.05) is 11.3 Å². The average molecular weight is 888 g/mol. The molecule has 322 valence electrons. The van der Waals surface area contributed by atoms with Crippen molar-refractivity contribution in [1.29, 1.82) is 0 Å². The zero-order chi connectivity index (χ0) is 44.4. The van der Waals surface area contributed by atoms with Gasteiger partial charge in [0.15, 0.2) is 17.5 Å². The summed E-state index contributed by atoms with van der Waals surface area (Å²) < 4.78 is 2.84. The van der Waals surface area contributed by atoms with Gasteiger partial charge in [-0.2, -0.15) is 0 Å². The molecule has 5 heteroatoms. The second-order valence-electron chi connectivity index (χ2n) is 21.5. The average Bonchev–Trinajstić information content (AvgIpc) is 3.90. The minimum absolute atomic E-state index is 0.0869. The van der Waals surface area contributed by atoms with Crippen LogP contribution in [0.25, 0.3) is 87.7 Å². The molecule has 1 spiro atoms. The molecule has 6 aliphatic rings. The van der Waals surface area contributed by atoms with Crippen LogP contribution in [0.2, 0.25) is 13.1 Å². The van der Waals surface area contributed by atoms with Gasteiger partial charge in [-0.15, -0.1) is 11.3 Å². The number of rotatable bonds is 4. The lowest BCUT2D eigenvalue weighted by Gasteiger charge is -2.61. The van der Waals surface area contributed by atoms with Crippen LogP contribution >= 0.6 is 11.3 Å². The van der Waals surface area contributed by atoms with Crippen LogP contribution in [0.5, 0.6) is 0 Å². The molecule has 0 radical (unpaired) electrons. The van der Waals surface area contributed by atoms with Gasteiger partial charge in [-0.05, 0) is 186 Å². The minimum atomic E-state index is -2.07. The largest absolute Gasteiger partial charge is 0.208 e. The van der Waals surface area contributed by atoms with Crippen molar-refractivity contribution in [2.24, 2.45) is 23.7 Å². The molecular weight excluding hydrogens is 835 g/mol. The minimum Gasteiger partial charge on any atom is -0.208 e. The van der Waals surface area contributed by atoms with Crippen molar-refractivity contribution in [1.82, 2.24) is 15.0 Å². The number of aromatic nitrogens is 3. The number of thiophene rings is 1. The lowest BCUT2D eigenvalue weighted by molar-refractivity contribution is -0.0398. The highest BCUT2D eigenvalue weighted by atomic mass is 32.1. The fourth-order valence-electron chi connectivity index (χ4n) is 14.9. The fourth-order valence-corrected chi connectivity index (χ4v) is 19.5. The molecule has 1 aliphatic heterocycles. The Morgan fingerprint density at radius 3 is 1.89 bits per heavy atom. The molecule has 4 bridgehead atoms. The third kappa shape index (κ3) is 5.33. The van der Waals surface area contributed by atoms with E-state index in [9.17, 15) is 0 Å². The first-order valence-corrected chi connectivity index (χ1v) is 28.2. The van der Waals surface area contributed by atoms with E-state index >= 15 is 0 Å². The zero-order valence-electron chi connectivity index (χ0n) is 38.7. The summed E-state index contributed by atoms with van der Waals surface area (Å²) in [4.78, 5) is 16.2. The Morgan fingerprint density at radius 1 is 0.485 bits per heavy atom. The number of hydrogen-bond donors (Lipinski definition) is 0.